The monoisotopic (exact) mass is 364 g/mol. The number of hydrogen-bond acceptors (Lipinski definition) is 3. The van der Waals surface area contributed by atoms with E-state index >= 15 is 0 Å². The van der Waals surface area contributed by atoms with Crippen molar-refractivity contribution in [3.8, 4) is 0 Å². The molecule has 0 saturated heterocycles. The molecule has 0 aliphatic carbocycles. The van der Waals surface area contributed by atoms with E-state index in [1.54, 1.807) is 0 Å². The van der Waals surface area contributed by atoms with Crippen LogP contribution in [0.15, 0.2) is 41.8 Å². The first-order valence-electron chi connectivity index (χ1n) is 8.30. The van der Waals surface area contributed by atoms with Gasteiger partial charge in [-0.2, -0.15) is 0 Å². The van der Waals surface area contributed by atoms with Gasteiger partial charge in [0.2, 0.25) is 5.91 Å². The van der Waals surface area contributed by atoms with E-state index in [4.69, 9.17) is 5.73 Å². The second kappa shape index (κ2) is 8.15. The summed E-state index contributed by atoms with van der Waals surface area (Å²) in [5, 5.41) is 2.14. The van der Waals surface area contributed by atoms with Gasteiger partial charge in [-0.1, -0.05) is 44.2 Å². The Kier molecular flexibility index (Phi) is 6.44. The molecule has 0 saturated carbocycles. The summed E-state index contributed by atoms with van der Waals surface area (Å²) in [5.74, 6) is -0.0447. The van der Waals surface area contributed by atoms with Gasteiger partial charge in [0, 0.05) is 17.5 Å². The van der Waals surface area contributed by atoms with Crippen molar-refractivity contribution >= 4 is 29.7 Å². The van der Waals surface area contributed by atoms with E-state index in [-0.39, 0.29) is 36.3 Å². The number of thiophene rings is 1. The highest BCUT2D eigenvalue weighted by Crippen LogP contribution is 2.36. The van der Waals surface area contributed by atoms with Crippen LogP contribution in [-0.4, -0.2) is 17.4 Å². The van der Waals surface area contributed by atoms with Crippen LogP contribution >= 0.6 is 23.7 Å². The van der Waals surface area contributed by atoms with Gasteiger partial charge in [-0.15, -0.1) is 23.7 Å². The third-order valence-corrected chi connectivity index (χ3v) is 5.87. The Balaban J connectivity index is 0.00000208. The second-order valence-corrected chi connectivity index (χ2v) is 7.23. The first-order chi connectivity index (χ1) is 11.1. The molecule has 2 heterocycles. The molecule has 0 spiro atoms. The van der Waals surface area contributed by atoms with Gasteiger partial charge in [-0.25, -0.2) is 0 Å². The molecule has 3 rings (SSSR count). The summed E-state index contributed by atoms with van der Waals surface area (Å²) in [7, 11) is 0. The minimum absolute atomic E-state index is 0. The van der Waals surface area contributed by atoms with Gasteiger partial charge in [-0.05, 0) is 35.4 Å². The number of rotatable bonds is 4. The number of carbonyl (C=O) groups excluding carboxylic acids is 1. The molecular formula is C19H25ClN2OS. The van der Waals surface area contributed by atoms with E-state index in [0.29, 0.717) is 0 Å². The Labute approximate surface area is 154 Å². The van der Waals surface area contributed by atoms with Crippen LogP contribution in [0.4, 0.5) is 0 Å². The number of halogens is 1. The number of benzene rings is 1. The van der Waals surface area contributed by atoms with Gasteiger partial charge < -0.3 is 10.6 Å². The maximum absolute atomic E-state index is 13.1. The topological polar surface area (TPSA) is 46.3 Å². The summed E-state index contributed by atoms with van der Waals surface area (Å²) in [5.41, 5.74) is 8.72. The molecule has 1 aliphatic rings. The number of nitrogens with zero attached hydrogens (tertiary/aromatic N) is 1. The predicted molar refractivity (Wildman–Crippen MR) is 103 cm³/mol. The summed E-state index contributed by atoms with van der Waals surface area (Å²) < 4.78 is 0. The van der Waals surface area contributed by atoms with Crippen LogP contribution in [0.1, 0.15) is 48.4 Å². The number of carbonyl (C=O) groups is 1. The minimum atomic E-state index is -0.259. The highest BCUT2D eigenvalue weighted by atomic mass is 35.5. The molecule has 5 heteroatoms. The van der Waals surface area contributed by atoms with E-state index in [1.165, 1.54) is 10.4 Å². The fourth-order valence-electron chi connectivity index (χ4n) is 3.48. The second-order valence-electron chi connectivity index (χ2n) is 6.23. The van der Waals surface area contributed by atoms with Gasteiger partial charge in [0.15, 0.2) is 0 Å². The molecule has 2 N–H and O–H groups in total. The fourth-order valence-corrected chi connectivity index (χ4v) is 4.41. The van der Waals surface area contributed by atoms with Crippen molar-refractivity contribution in [1.82, 2.24) is 4.90 Å². The number of nitrogens with two attached hydrogens (primary N) is 1. The van der Waals surface area contributed by atoms with Crippen LogP contribution in [0.5, 0.6) is 0 Å². The van der Waals surface area contributed by atoms with Crippen LogP contribution in [-0.2, 0) is 11.2 Å². The molecule has 1 aromatic heterocycles. The third-order valence-electron chi connectivity index (χ3n) is 4.88. The minimum Gasteiger partial charge on any atom is -0.335 e. The van der Waals surface area contributed by atoms with E-state index in [2.05, 4.69) is 18.4 Å². The Morgan fingerprint density at radius 1 is 1.33 bits per heavy atom. The van der Waals surface area contributed by atoms with E-state index < -0.39 is 0 Å². The number of hydrogen-bond donors (Lipinski definition) is 1. The predicted octanol–water partition coefficient (Wildman–Crippen LogP) is 4.34. The lowest BCUT2D eigenvalue weighted by atomic mass is 9.91. The third kappa shape index (κ3) is 3.51. The van der Waals surface area contributed by atoms with Crippen molar-refractivity contribution in [2.45, 2.75) is 38.8 Å². The molecule has 0 radical (unpaired) electrons. The van der Waals surface area contributed by atoms with Crippen molar-refractivity contribution < 1.29 is 4.79 Å². The molecular weight excluding hydrogens is 340 g/mol. The van der Waals surface area contributed by atoms with Crippen molar-refractivity contribution in [2.75, 3.05) is 6.54 Å². The summed E-state index contributed by atoms with van der Waals surface area (Å²) in [6, 6.07) is 12.0. The molecule has 24 heavy (non-hydrogen) atoms. The van der Waals surface area contributed by atoms with Gasteiger partial charge >= 0.3 is 0 Å². The molecule has 0 bridgehead atoms. The first-order valence-corrected chi connectivity index (χ1v) is 9.18. The summed E-state index contributed by atoms with van der Waals surface area (Å²) in [6.07, 6.45) is 1.91. The van der Waals surface area contributed by atoms with Crippen LogP contribution in [0, 0.1) is 5.92 Å². The SMILES string of the molecule is CCC1c2ccsc2CCN1C(=O)C(C)C(N)c1ccccc1.Cl. The lowest BCUT2D eigenvalue weighted by Crippen LogP contribution is -2.44. The molecule has 1 amide bonds. The quantitative estimate of drug-likeness (QED) is 0.877. The van der Waals surface area contributed by atoms with Gasteiger partial charge in [0.05, 0.1) is 12.0 Å². The molecule has 3 nitrogen and oxygen atoms in total. The van der Waals surface area contributed by atoms with Crippen molar-refractivity contribution in [3.63, 3.8) is 0 Å². The Morgan fingerprint density at radius 2 is 2.04 bits per heavy atom. The van der Waals surface area contributed by atoms with Crippen molar-refractivity contribution in [2.24, 2.45) is 11.7 Å². The normalized spacial score (nSPS) is 19.1. The molecule has 1 aromatic carbocycles. The molecule has 3 atom stereocenters. The lowest BCUT2D eigenvalue weighted by molar-refractivity contribution is -0.138. The van der Waals surface area contributed by atoms with Crippen LogP contribution in [0.25, 0.3) is 0 Å². The Bertz CT molecular complexity index is 673. The summed E-state index contributed by atoms with van der Waals surface area (Å²) >= 11 is 1.81. The Hall–Kier alpha value is -1.36. The summed E-state index contributed by atoms with van der Waals surface area (Å²) in [6.45, 7) is 4.91. The van der Waals surface area contributed by atoms with Crippen LogP contribution in [0.2, 0.25) is 0 Å². The van der Waals surface area contributed by atoms with E-state index in [0.717, 1.165) is 24.9 Å². The van der Waals surface area contributed by atoms with Gasteiger partial charge in [0.25, 0.3) is 0 Å². The fraction of sp³-hybridized carbons (Fsp3) is 0.421. The molecule has 1 aliphatic heterocycles. The van der Waals surface area contributed by atoms with Crippen LogP contribution in [0.3, 0.4) is 0 Å². The van der Waals surface area contributed by atoms with Crippen LogP contribution < -0.4 is 5.73 Å². The number of amides is 1. The molecule has 130 valence electrons. The smallest absolute Gasteiger partial charge is 0.227 e. The molecule has 3 unspecified atom stereocenters. The zero-order valence-corrected chi connectivity index (χ0v) is 15.8. The number of fused-ring (bicyclic) bond motifs is 1. The van der Waals surface area contributed by atoms with Gasteiger partial charge in [0.1, 0.15) is 0 Å². The highest BCUT2D eigenvalue weighted by molar-refractivity contribution is 7.10. The maximum atomic E-state index is 13.1. The highest BCUT2D eigenvalue weighted by Gasteiger charge is 2.34. The van der Waals surface area contributed by atoms with E-state index in [9.17, 15) is 4.79 Å². The average molecular weight is 365 g/mol. The zero-order chi connectivity index (χ0) is 16.4. The average Bonchev–Trinajstić information content (AvgIpc) is 3.08. The van der Waals surface area contributed by atoms with Crippen molar-refractivity contribution in [1.29, 1.82) is 0 Å². The molecule has 0 fully saturated rings. The standard InChI is InChI=1S/C19H24N2OS.ClH/c1-3-16-15-10-12-23-17(15)9-11-21(16)19(22)13(2)18(20)14-7-5-4-6-8-14;/h4-8,10,12-13,16,18H,3,9,11,20H2,1-2H3;1H. The Morgan fingerprint density at radius 3 is 2.71 bits per heavy atom. The van der Waals surface area contributed by atoms with Gasteiger partial charge in [-0.3, -0.25) is 4.79 Å². The first kappa shape index (κ1) is 19.0. The zero-order valence-electron chi connectivity index (χ0n) is 14.1. The summed E-state index contributed by atoms with van der Waals surface area (Å²) in [4.78, 5) is 16.5. The lowest BCUT2D eigenvalue weighted by Gasteiger charge is -2.38. The van der Waals surface area contributed by atoms with Crippen molar-refractivity contribution in [3.05, 3.63) is 57.8 Å². The maximum Gasteiger partial charge on any atom is 0.227 e. The largest absolute Gasteiger partial charge is 0.335 e. The molecule has 2 aromatic rings. The van der Waals surface area contributed by atoms with E-state index in [1.807, 2.05) is 53.5 Å².